The van der Waals surface area contributed by atoms with E-state index in [1.54, 1.807) is 4.90 Å². The summed E-state index contributed by atoms with van der Waals surface area (Å²) in [6, 6.07) is 15.1. The fraction of sp³-hybridized carbons (Fsp3) is 0.471. The van der Waals surface area contributed by atoms with Gasteiger partial charge in [-0.2, -0.15) is 0 Å². The second-order valence-electron chi connectivity index (χ2n) is 13.5. The van der Waals surface area contributed by atoms with Crippen LogP contribution in [0.15, 0.2) is 54.7 Å². The minimum absolute atomic E-state index is 0.133. The molecule has 10 heteroatoms. The van der Waals surface area contributed by atoms with Crippen LogP contribution in [0.25, 0.3) is 22.4 Å². The quantitative estimate of drug-likeness (QED) is 0.321. The van der Waals surface area contributed by atoms with E-state index in [0.29, 0.717) is 25.2 Å². The molecule has 1 aromatic heterocycles. The molecule has 234 valence electrons. The molecule has 0 aliphatic carbocycles. The Morgan fingerprint density at radius 3 is 1.91 bits per heavy atom. The standard InChI is InChI=1S/C34H43N5O5/c1-33(2,3)43-31(41)38-19-7-9-27(38)29-35-21-26(37-29)24-13-11-22(12-14-24)23-15-17-25(18-16-23)36-30(40)28-10-8-20-39(28)32(42)44-34(4,5)6/h11-18,21,27-28H,7-10,19-20H2,1-6H3,(H,35,37)(H,36,40)/t27-,28-/m0/s1. The molecule has 2 aliphatic rings. The van der Waals surface area contributed by atoms with Crippen LogP contribution in [0.5, 0.6) is 0 Å². The predicted octanol–water partition coefficient (Wildman–Crippen LogP) is 7.15. The number of likely N-dealkylation sites (tertiary alicyclic amines) is 2. The number of ether oxygens (including phenoxy) is 2. The smallest absolute Gasteiger partial charge is 0.410 e. The summed E-state index contributed by atoms with van der Waals surface area (Å²) >= 11 is 0. The number of nitrogens with one attached hydrogen (secondary N) is 2. The lowest BCUT2D eigenvalue weighted by atomic mass is 10.0. The maximum absolute atomic E-state index is 13.0. The highest BCUT2D eigenvalue weighted by Crippen LogP contribution is 2.33. The van der Waals surface area contributed by atoms with Crippen molar-refractivity contribution in [1.82, 2.24) is 19.8 Å². The molecular weight excluding hydrogens is 558 g/mol. The van der Waals surface area contributed by atoms with Gasteiger partial charge in [0.2, 0.25) is 5.91 Å². The van der Waals surface area contributed by atoms with E-state index in [-0.39, 0.29) is 18.0 Å². The van der Waals surface area contributed by atoms with Crippen LogP contribution in [0.1, 0.15) is 79.1 Å². The number of nitrogens with zero attached hydrogens (tertiary/aromatic N) is 3. The molecule has 2 aliphatic heterocycles. The number of amides is 3. The van der Waals surface area contributed by atoms with Crippen LogP contribution in [-0.4, -0.2) is 68.2 Å². The average Bonchev–Trinajstić information content (AvgIpc) is 3.72. The Hall–Kier alpha value is -4.34. The third-order valence-corrected chi connectivity index (χ3v) is 7.64. The number of imidazole rings is 1. The van der Waals surface area contributed by atoms with Gasteiger partial charge in [0.1, 0.15) is 23.1 Å². The van der Waals surface area contributed by atoms with Gasteiger partial charge < -0.3 is 19.8 Å². The van der Waals surface area contributed by atoms with Gasteiger partial charge in [-0.05, 0) is 90.5 Å². The number of aromatic nitrogens is 2. The van der Waals surface area contributed by atoms with Crippen LogP contribution in [0, 0.1) is 0 Å². The van der Waals surface area contributed by atoms with Crippen molar-refractivity contribution >= 4 is 23.8 Å². The van der Waals surface area contributed by atoms with Crippen molar-refractivity contribution in [3.8, 4) is 22.4 Å². The van der Waals surface area contributed by atoms with Crippen molar-refractivity contribution in [3.63, 3.8) is 0 Å². The van der Waals surface area contributed by atoms with Crippen LogP contribution < -0.4 is 5.32 Å². The molecule has 44 heavy (non-hydrogen) atoms. The Labute approximate surface area is 259 Å². The third kappa shape index (κ3) is 7.41. The van der Waals surface area contributed by atoms with Crippen LogP contribution in [0.4, 0.5) is 15.3 Å². The summed E-state index contributed by atoms with van der Waals surface area (Å²) in [5.74, 6) is 0.549. The summed E-state index contributed by atoms with van der Waals surface area (Å²) in [5.41, 5.74) is 3.32. The summed E-state index contributed by atoms with van der Waals surface area (Å²) in [6.45, 7) is 12.2. The van der Waals surface area contributed by atoms with Crippen molar-refractivity contribution in [2.75, 3.05) is 18.4 Å². The molecule has 2 atom stereocenters. The Bertz CT molecular complexity index is 1480. The first-order chi connectivity index (χ1) is 20.8. The first-order valence-corrected chi connectivity index (χ1v) is 15.3. The average molecular weight is 602 g/mol. The van der Waals surface area contributed by atoms with Crippen LogP contribution in [-0.2, 0) is 14.3 Å². The minimum atomic E-state index is -0.615. The first kappa shape index (κ1) is 31.1. The number of rotatable bonds is 5. The number of aromatic amines is 1. The van der Waals surface area contributed by atoms with E-state index in [1.807, 2.05) is 96.3 Å². The Morgan fingerprint density at radius 2 is 1.30 bits per heavy atom. The molecule has 3 heterocycles. The summed E-state index contributed by atoms with van der Waals surface area (Å²) in [7, 11) is 0. The van der Waals surface area contributed by atoms with Gasteiger partial charge in [-0.1, -0.05) is 36.4 Å². The minimum Gasteiger partial charge on any atom is -0.444 e. The molecule has 2 saturated heterocycles. The third-order valence-electron chi connectivity index (χ3n) is 7.64. The summed E-state index contributed by atoms with van der Waals surface area (Å²) in [4.78, 5) is 49.7. The number of H-pyrrole nitrogens is 1. The molecule has 5 rings (SSSR count). The van der Waals surface area contributed by atoms with E-state index in [9.17, 15) is 14.4 Å². The van der Waals surface area contributed by atoms with Crippen molar-refractivity contribution < 1.29 is 23.9 Å². The van der Waals surface area contributed by atoms with E-state index in [0.717, 1.165) is 47.5 Å². The second-order valence-corrected chi connectivity index (χ2v) is 13.5. The highest BCUT2D eigenvalue weighted by Gasteiger charge is 2.37. The van der Waals surface area contributed by atoms with Gasteiger partial charge in [0.05, 0.1) is 11.7 Å². The van der Waals surface area contributed by atoms with Gasteiger partial charge in [0.15, 0.2) is 0 Å². The van der Waals surface area contributed by atoms with Gasteiger partial charge >= 0.3 is 12.2 Å². The zero-order valence-electron chi connectivity index (χ0n) is 26.5. The molecule has 0 unspecified atom stereocenters. The molecule has 0 saturated carbocycles. The van der Waals surface area contributed by atoms with Gasteiger partial charge in [0, 0.05) is 30.5 Å². The predicted molar refractivity (Wildman–Crippen MR) is 169 cm³/mol. The number of carbonyl (C=O) groups excluding carboxylic acids is 3. The topological polar surface area (TPSA) is 117 Å². The zero-order valence-corrected chi connectivity index (χ0v) is 26.5. The molecule has 10 nitrogen and oxygen atoms in total. The van der Waals surface area contributed by atoms with Crippen LogP contribution in [0.3, 0.4) is 0 Å². The van der Waals surface area contributed by atoms with Crippen molar-refractivity contribution in [1.29, 1.82) is 0 Å². The van der Waals surface area contributed by atoms with Gasteiger partial charge in [-0.15, -0.1) is 0 Å². The lowest BCUT2D eigenvalue weighted by Gasteiger charge is -2.28. The number of hydrogen-bond acceptors (Lipinski definition) is 6. The summed E-state index contributed by atoms with van der Waals surface area (Å²) < 4.78 is 11.1. The van der Waals surface area contributed by atoms with Crippen molar-refractivity contribution in [3.05, 3.63) is 60.6 Å². The molecule has 0 bridgehead atoms. The number of hydrogen-bond donors (Lipinski definition) is 2. The second kappa shape index (κ2) is 12.3. The van der Waals surface area contributed by atoms with Gasteiger partial charge in [-0.3, -0.25) is 14.6 Å². The molecule has 2 N–H and O–H groups in total. The molecule has 2 aromatic carbocycles. The van der Waals surface area contributed by atoms with Crippen molar-refractivity contribution in [2.45, 2.75) is 90.5 Å². The zero-order chi connectivity index (χ0) is 31.6. The van der Waals surface area contributed by atoms with E-state index >= 15 is 0 Å². The Balaban J connectivity index is 1.20. The number of anilines is 1. The lowest BCUT2D eigenvalue weighted by Crippen LogP contribution is -2.45. The van der Waals surface area contributed by atoms with Gasteiger partial charge in [-0.25, -0.2) is 14.6 Å². The first-order valence-electron chi connectivity index (χ1n) is 15.3. The van der Waals surface area contributed by atoms with Crippen LogP contribution in [0.2, 0.25) is 0 Å². The lowest BCUT2D eigenvalue weighted by molar-refractivity contribution is -0.120. The Kier molecular flexibility index (Phi) is 8.72. The monoisotopic (exact) mass is 601 g/mol. The number of carbonyl (C=O) groups is 3. The maximum Gasteiger partial charge on any atom is 0.410 e. The number of benzene rings is 2. The maximum atomic E-state index is 13.0. The highest BCUT2D eigenvalue weighted by molar-refractivity contribution is 5.97. The molecular formula is C34H43N5O5. The Morgan fingerprint density at radius 1 is 0.773 bits per heavy atom. The molecule has 0 radical (unpaired) electrons. The van der Waals surface area contributed by atoms with Gasteiger partial charge in [0.25, 0.3) is 0 Å². The fourth-order valence-corrected chi connectivity index (χ4v) is 5.63. The summed E-state index contributed by atoms with van der Waals surface area (Å²) in [5, 5.41) is 2.95. The summed E-state index contributed by atoms with van der Waals surface area (Å²) in [6.07, 6.45) is 4.22. The molecule has 2 fully saturated rings. The van der Waals surface area contributed by atoms with E-state index < -0.39 is 23.3 Å². The molecule has 3 aromatic rings. The largest absolute Gasteiger partial charge is 0.444 e. The van der Waals surface area contributed by atoms with E-state index in [1.165, 1.54) is 4.90 Å². The van der Waals surface area contributed by atoms with E-state index in [2.05, 4.69) is 10.3 Å². The van der Waals surface area contributed by atoms with Crippen molar-refractivity contribution in [2.24, 2.45) is 0 Å². The SMILES string of the molecule is CC(C)(C)OC(=O)N1CCC[C@H]1C(=O)Nc1ccc(-c2ccc(-c3c[nH]c([C@@H]4CCCN4C(=O)OC(C)(C)C)n3)cc2)cc1. The normalized spacial score (nSPS) is 18.8. The highest BCUT2D eigenvalue weighted by atomic mass is 16.6. The molecule has 0 spiro atoms. The van der Waals surface area contributed by atoms with E-state index in [4.69, 9.17) is 14.5 Å². The van der Waals surface area contributed by atoms with Crippen LogP contribution >= 0.6 is 0 Å². The fourth-order valence-electron chi connectivity index (χ4n) is 5.63. The molecule has 3 amide bonds.